The molecule has 0 bridgehead atoms. The van der Waals surface area contributed by atoms with E-state index in [2.05, 4.69) is 56.3 Å². The number of aliphatic hydroxyl groups is 1. The van der Waals surface area contributed by atoms with Crippen molar-refractivity contribution < 1.29 is 9.52 Å². The first kappa shape index (κ1) is 16.5. The second-order valence-electron chi connectivity index (χ2n) is 6.00. The van der Waals surface area contributed by atoms with E-state index < -0.39 is 0 Å². The molecule has 0 spiro atoms. The van der Waals surface area contributed by atoms with Gasteiger partial charge in [0.2, 0.25) is 0 Å². The van der Waals surface area contributed by atoms with Gasteiger partial charge in [-0.1, -0.05) is 62.4 Å². The fraction of sp³-hybridized carbons (Fsp3) is 0.273. The molecule has 0 aliphatic carbocycles. The maximum Gasteiger partial charge on any atom is 0.135 e. The Morgan fingerprint density at radius 3 is 2.54 bits per heavy atom. The second-order valence-corrected chi connectivity index (χ2v) is 6.00. The third-order valence-electron chi connectivity index (χ3n) is 4.51. The molecule has 0 fully saturated rings. The average molecular weight is 320 g/mol. The average Bonchev–Trinajstić information content (AvgIpc) is 2.97. The van der Waals surface area contributed by atoms with E-state index in [9.17, 15) is 5.11 Å². The van der Waals surface area contributed by atoms with Gasteiger partial charge in [0, 0.05) is 23.8 Å². The Morgan fingerprint density at radius 1 is 1.08 bits per heavy atom. The highest BCUT2D eigenvalue weighted by Crippen LogP contribution is 2.31. The summed E-state index contributed by atoms with van der Waals surface area (Å²) < 4.78 is 6.14. The molecule has 2 nitrogen and oxygen atoms in total. The van der Waals surface area contributed by atoms with Crippen LogP contribution in [0.5, 0.6) is 0 Å². The molecule has 1 aromatic heterocycles. The quantitative estimate of drug-likeness (QED) is 0.662. The van der Waals surface area contributed by atoms with Crippen LogP contribution in [0.25, 0.3) is 16.5 Å². The van der Waals surface area contributed by atoms with E-state index >= 15 is 0 Å². The Labute approximate surface area is 143 Å². The molecule has 0 saturated heterocycles. The number of fused-ring (bicyclic) bond motifs is 1. The van der Waals surface area contributed by atoms with Crippen LogP contribution in [0.1, 0.15) is 42.7 Å². The molecule has 0 saturated carbocycles. The number of benzene rings is 2. The van der Waals surface area contributed by atoms with E-state index in [0.717, 1.165) is 41.7 Å². The molecule has 0 amide bonds. The van der Waals surface area contributed by atoms with E-state index in [4.69, 9.17) is 4.42 Å². The summed E-state index contributed by atoms with van der Waals surface area (Å²) in [6.07, 6.45) is 4.54. The number of aliphatic hydroxyl groups excluding tert-OH is 1. The Balaban J connectivity index is 2.05. The second kappa shape index (κ2) is 7.50. The molecule has 3 rings (SSSR count). The summed E-state index contributed by atoms with van der Waals surface area (Å²) in [6.45, 7) is 4.31. The molecule has 2 aromatic carbocycles. The molecule has 1 N–H and O–H groups in total. The minimum absolute atomic E-state index is 0.0683. The minimum Gasteiger partial charge on any atom is -0.461 e. The van der Waals surface area contributed by atoms with Gasteiger partial charge in [0.05, 0.1) is 6.61 Å². The van der Waals surface area contributed by atoms with Crippen LogP contribution in [0.15, 0.2) is 59.0 Å². The number of allylic oxidation sites excluding steroid dienone is 1. The molecule has 0 aliphatic rings. The largest absolute Gasteiger partial charge is 0.461 e. The molecule has 24 heavy (non-hydrogen) atoms. The third-order valence-corrected chi connectivity index (χ3v) is 4.51. The Kier molecular flexibility index (Phi) is 5.17. The Bertz CT molecular complexity index is 841. The molecular weight excluding hydrogens is 296 g/mol. The summed E-state index contributed by atoms with van der Waals surface area (Å²) in [5.41, 5.74) is 5.80. The first-order valence-corrected chi connectivity index (χ1v) is 8.65. The van der Waals surface area contributed by atoms with Crippen molar-refractivity contribution in [1.29, 1.82) is 0 Å². The minimum atomic E-state index is 0.0683. The number of rotatable bonds is 6. The molecule has 1 heterocycles. The van der Waals surface area contributed by atoms with Crippen molar-refractivity contribution in [1.82, 2.24) is 0 Å². The van der Waals surface area contributed by atoms with Crippen molar-refractivity contribution in [2.45, 2.75) is 33.1 Å². The van der Waals surface area contributed by atoms with Crippen LogP contribution in [-0.2, 0) is 12.8 Å². The molecule has 0 unspecified atom stereocenters. The van der Waals surface area contributed by atoms with Crippen molar-refractivity contribution in [3.8, 4) is 0 Å². The molecule has 124 valence electrons. The Morgan fingerprint density at radius 2 is 1.88 bits per heavy atom. The van der Waals surface area contributed by atoms with Gasteiger partial charge < -0.3 is 9.52 Å². The number of furan rings is 1. The van der Waals surface area contributed by atoms with Gasteiger partial charge in [0.1, 0.15) is 11.3 Å². The van der Waals surface area contributed by atoms with Crippen molar-refractivity contribution >= 4 is 16.5 Å². The maximum atomic E-state index is 9.19. The molecule has 0 atom stereocenters. The molecular formula is C22H24O2. The van der Waals surface area contributed by atoms with Crippen LogP contribution in [-0.4, -0.2) is 11.7 Å². The maximum absolute atomic E-state index is 9.19. The van der Waals surface area contributed by atoms with Gasteiger partial charge >= 0.3 is 0 Å². The summed E-state index contributed by atoms with van der Waals surface area (Å²) >= 11 is 0. The van der Waals surface area contributed by atoms with E-state index in [-0.39, 0.29) is 6.61 Å². The van der Waals surface area contributed by atoms with Gasteiger partial charge in [-0.25, -0.2) is 0 Å². The summed E-state index contributed by atoms with van der Waals surface area (Å²) in [7, 11) is 0. The van der Waals surface area contributed by atoms with Gasteiger partial charge in [0.15, 0.2) is 0 Å². The van der Waals surface area contributed by atoms with Crippen LogP contribution in [0.4, 0.5) is 0 Å². The summed E-state index contributed by atoms with van der Waals surface area (Å²) in [4.78, 5) is 0. The first-order valence-electron chi connectivity index (χ1n) is 8.65. The predicted molar refractivity (Wildman–Crippen MR) is 100 cm³/mol. The van der Waals surface area contributed by atoms with E-state index in [0.29, 0.717) is 0 Å². The third kappa shape index (κ3) is 3.29. The summed E-state index contributed by atoms with van der Waals surface area (Å²) in [6, 6.07) is 16.9. The van der Waals surface area contributed by atoms with Gasteiger partial charge in [-0.05, 0) is 29.2 Å². The lowest BCUT2D eigenvalue weighted by atomic mass is 9.98. The van der Waals surface area contributed by atoms with Crippen molar-refractivity contribution in [2.24, 2.45) is 0 Å². The van der Waals surface area contributed by atoms with Crippen LogP contribution in [0.3, 0.4) is 0 Å². The van der Waals surface area contributed by atoms with Crippen LogP contribution in [0.2, 0.25) is 0 Å². The van der Waals surface area contributed by atoms with Gasteiger partial charge in [0.25, 0.3) is 0 Å². The number of hydrogen-bond donors (Lipinski definition) is 1. The first-order chi connectivity index (χ1) is 11.8. The van der Waals surface area contributed by atoms with E-state index in [1.165, 1.54) is 16.5 Å². The van der Waals surface area contributed by atoms with Crippen molar-refractivity contribution in [3.63, 3.8) is 0 Å². The molecule has 3 aromatic rings. The zero-order valence-electron chi connectivity index (χ0n) is 14.4. The SMILES string of the molecule is CCC(=CCO)c1ccc2c(Cc3ccccc3)c(CC)oc2c1. The zero-order valence-corrected chi connectivity index (χ0v) is 14.4. The lowest BCUT2D eigenvalue weighted by Crippen LogP contribution is -1.91. The van der Waals surface area contributed by atoms with Gasteiger partial charge in [-0.15, -0.1) is 0 Å². The normalized spacial score (nSPS) is 12.0. The standard InChI is InChI=1S/C22H24O2/c1-3-17(12-13-23)18-10-11-19-20(14-16-8-6-5-7-9-16)21(4-2)24-22(19)15-18/h5-12,15,23H,3-4,13-14H2,1-2H3. The predicted octanol–water partition coefficient (Wildman–Crippen LogP) is 5.37. The van der Waals surface area contributed by atoms with E-state index in [1.54, 1.807) is 0 Å². The lowest BCUT2D eigenvalue weighted by Gasteiger charge is -2.05. The lowest BCUT2D eigenvalue weighted by molar-refractivity contribution is 0.343. The van der Waals surface area contributed by atoms with Gasteiger partial charge in [-0.2, -0.15) is 0 Å². The zero-order chi connectivity index (χ0) is 16.9. The molecule has 0 aliphatic heterocycles. The fourth-order valence-corrected chi connectivity index (χ4v) is 3.26. The summed E-state index contributed by atoms with van der Waals surface area (Å²) in [5, 5.41) is 10.4. The summed E-state index contributed by atoms with van der Waals surface area (Å²) in [5.74, 6) is 1.06. The van der Waals surface area contributed by atoms with Crippen molar-refractivity contribution in [2.75, 3.05) is 6.61 Å². The smallest absolute Gasteiger partial charge is 0.135 e. The number of aryl methyl sites for hydroxylation is 1. The van der Waals surface area contributed by atoms with Crippen molar-refractivity contribution in [3.05, 3.63) is 77.1 Å². The van der Waals surface area contributed by atoms with Crippen LogP contribution >= 0.6 is 0 Å². The number of hydrogen-bond acceptors (Lipinski definition) is 2. The van der Waals surface area contributed by atoms with Crippen LogP contribution < -0.4 is 0 Å². The van der Waals surface area contributed by atoms with E-state index in [1.807, 2.05) is 12.1 Å². The Hall–Kier alpha value is -2.32. The van der Waals surface area contributed by atoms with Crippen LogP contribution in [0, 0.1) is 0 Å². The monoisotopic (exact) mass is 320 g/mol. The molecule has 2 heteroatoms. The topological polar surface area (TPSA) is 33.4 Å². The highest BCUT2D eigenvalue weighted by Gasteiger charge is 2.14. The highest BCUT2D eigenvalue weighted by molar-refractivity contribution is 5.86. The molecule has 0 radical (unpaired) electrons. The fourth-order valence-electron chi connectivity index (χ4n) is 3.26. The van der Waals surface area contributed by atoms with Gasteiger partial charge in [-0.3, -0.25) is 0 Å². The highest BCUT2D eigenvalue weighted by atomic mass is 16.3.